The van der Waals surface area contributed by atoms with Crippen LogP contribution in [0.1, 0.15) is 323 Å². The SMILES string of the molecule is CC/C=C\C/C=C\C/C=C\C/C=C\C/C=C\C/C=C\CCC(=O)OCC(COP(=O)(O)OCC(O)COP(=O)(O)OCC(COC(=O)CCCCCCCCC/C=C\C/C=C\C/C=C\CC)OC(=O)CCCCCCC/C=C\CCCCCC)OC(=O)CCCCCCC/C=C\CCCCCCCC. The lowest BCUT2D eigenvalue weighted by atomic mass is 10.1. The molecule has 0 aromatic heterocycles. The van der Waals surface area contributed by atoms with Gasteiger partial charge in [0.15, 0.2) is 12.2 Å². The van der Waals surface area contributed by atoms with Gasteiger partial charge in [0.05, 0.1) is 26.4 Å². The van der Waals surface area contributed by atoms with Gasteiger partial charge >= 0.3 is 39.5 Å². The van der Waals surface area contributed by atoms with Crippen LogP contribution < -0.4 is 0 Å². The zero-order valence-corrected chi connectivity index (χ0v) is 66.9. The van der Waals surface area contributed by atoms with Gasteiger partial charge in [0, 0.05) is 25.7 Å². The third-order valence-corrected chi connectivity index (χ3v) is 18.5. The first-order chi connectivity index (χ1) is 50.7. The molecule has 0 spiro atoms. The van der Waals surface area contributed by atoms with Gasteiger partial charge < -0.3 is 33.8 Å². The largest absolute Gasteiger partial charge is 0.472 e. The van der Waals surface area contributed by atoms with Crippen LogP contribution in [0.3, 0.4) is 0 Å². The molecule has 5 unspecified atom stereocenters. The van der Waals surface area contributed by atoms with Crippen LogP contribution in [0.2, 0.25) is 0 Å². The summed E-state index contributed by atoms with van der Waals surface area (Å²) in [7, 11) is -9.99. The van der Waals surface area contributed by atoms with E-state index in [2.05, 4.69) is 143 Å². The number of aliphatic hydroxyl groups is 1. The molecule has 0 aliphatic rings. The maximum absolute atomic E-state index is 13.1. The van der Waals surface area contributed by atoms with E-state index in [-0.39, 0.29) is 25.7 Å². The van der Waals surface area contributed by atoms with E-state index < -0.39 is 97.5 Å². The zero-order valence-electron chi connectivity index (χ0n) is 65.2. The summed E-state index contributed by atoms with van der Waals surface area (Å²) >= 11 is 0. The summed E-state index contributed by atoms with van der Waals surface area (Å²) in [5, 5.41) is 10.6. The van der Waals surface area contributed by atoms with Crippen LogP contribution in [-0.4, -0.2) is 96.7 Å². The minimum Gasteiger partial charge on any atom is -0.462 e. The monoisotopic (exact) mass is 1500 g/mol. The third kappa shape index (κ3) is 75.4. The van der Waals surface area contributed by atoms with Gasteiger partial charge in [-0.2, -0.15) is 0 Å². The first-order valence-electron chi connectivity index (χ1n) is 40.4. The Morgan fingerprint density at radius 3 is 0.846 bits per heavy atom. The highest BCUT2D eigenvalue weighted by Crippen LogP contribution is 2.45. The molecule has 0 fully saturated rings. The van der Waals surface area contributed by atoms with Gasteiger partial charge in [0.2, 0.25) is 0 Å². The van der Waals surface area contributed by atoms with Crippen molar-refractivity contribution >= 4 is 39.5 Å². The van der Waals surface area contributed by atoms with Gasteiger partial charge in [0.25, 0.3) is 0 Å². The Labute approximate surface area is 631 Å². The fourth-order valence-corrected chi connectivity index (χ4v) is 12.1. The standard InChI is InChI=1S/C85H144O17P2/c1-5-9-13-17-21-25-29-33-36-38-39-41-44-47-50-54-58-62-66-70-83(88)96-76-81(102-85(90)72-68-64-60-56-52-48-42-35-31-27-23-19-15-11-7-3)78-100-104(93,94)98-74-79(86)73-97-103(91,92)99-77-80(101-84(89)71-67-63-59-55-51-45-32-28-24-20-16-12-8-4)75-95-82(87)69-65-61-57-53-49-46-43-40-37-34-30-26-22-18-14-10-6-2/h9-10,13-14,21-22,25-26,28,32-37,39,41-42,47,50,58,62,79-81,86H,5-8,11-12,15-20,23-24,27,29-31,38,40,43-46,48-49,51-57,59-61,63-78H2,1-4H3,(H,91,92)(H,93,94)/b13-9-,14-10-,25-21-,26-22-,32-28-,36-33-,37-34-,41-39-,42-35-,50-47-,62-58-. The summed E-state index contributed by atoms with van der Waals surface area (Å²) in [5.74, 6) is -2.30. The summed E-state index contributed by atoms with van der Waals surface area (Å²) in [5.41, 5.74) is 0. The number of esters is 4. The Balaban J connectivity index is 5.42. The molecular formula is C85H144O17P2. The van der Waals surface area contributed by atoms with E-state index in [9.17, 15) is 43.2 Å². The number of phosphoric ester groups is 2. The molecule has 0 bridgehead atoms. The number of hydrogen-bond acceptors (Lipinski definition) is 15. The summed E-state index contributed by atoms with van der Waals surface area (Å²) in [6.07, 6.45) is 85.8. The number of rotatable bonds is 75. The van der Waals surface area contributed by atoms with Crippen LogP contribution in [0.5, 0.6) is 0 Å². The molecule has 0 heterocycles. The van der Waals surface area contributed by atoms with Crippen LogP contribution in [0.25, 0.3) is 0 Å². The van der Waals surface area contributed by atoms with Crippen molar-refractivity contribution in [2.24, 2.45) is 0 Å². The molecule has 0 saturated carbocycles. The first kappa shape index (κ1) is 99.2. The van der Waals surface area contributed by atoms with Crippen molar-refractivity contribution in [2.75, 3.05) is 39.6 Å². The molecule has 19 heteroatoms. The Morgan fingerprint density at radius 2 is 0.519 bits per heavy atom. The summed E-state index contributed by atoms with van der Waals surface area (Å²) in [4.78, 5) is 73.0. The van der Waals surface area contributed by atoms with Crippen LogP contribution >= 0.6 is 15.6 Å². The van der Waals surface area contributed by atoms with Crippen molar-refractivity contribution in [2.45, 2.75) is 341 Å². The van der Waals surface area contributed by atoms with Crippen molar-refractivity contribution < 1.29 is 80.2 Å². The van der Waals surface area contributed by atoms with E-state index in [1.165, 1.54) is 64.2 Å². The fourth-order valence-electron chi connectivity index (χ4n) is 10.5. The molecule has 0 saturated heterocycles. The van der Waals surface area contributed by atoms with Crippen molar-refractivity contribution in [1.82, 2.24) is 0 Å². The zero-order chi connectivity index (χ0) is 76.0. The second kappa shape index (κ2) is 76.4. The molecule has 0 amide bonds. The number of unbranched alkanes of at least 4 members (excludes halogenated alkanes) is 27. The predicted molar refractivity (Wildman–Crippen MR) is 427 cm³/mol. The van der Waals surface area contributed by atoms with E-state index in [1.54, 1.807) is 0 Å². The second-order valence-corrected chi connectivity index (χ2v) is 29.5. The highest BCUT2D eigenvalue weighted by molar-refractivity contribution is 7.47. The van der Waals surface area contributed by atoms with Crippen LogP contribution in [0, 0.1) is 0 Å². The van der Waals surface area contributed by atoms with Gasteiger partial charge in [-0.05, 0) is 148 Å². The van der Waals surface area contributed by atoms with Gasteiger partial charge in [-0.3, -0.25) is 37.3 Å². The number of hydrogen-bond donors (Lipinski definition) is 3. The average Bonchev–Trinajstić information content (AvgIpc) is 0.911. The highest BCUT2D eigenvalue weighted by Gasteiger charge is 2.30. The van der Waals surface area contributed by atoms with Gasteiger partial charge in [0.1, 0.15) is 19.3 Å². The molecule has 0 radical (unpaired) electrons. The lowest BCUT2D eigenvalue weighted by molar-refractivity contribution is -0.161. The number of carbonyl (C=O) groups is 4. The minimum absolute atomic E-state index is 0.0323. The first-order valence-corrected chi connectivity index (χ1v) is 43.4. The van der Waals surface area contributed by atoms with E-state index >= 15 is 0 Å². The minimum atomic E-state index is -5.00. The van der Waals surface area contributed by atoms with Crippen molar-refractivity contribution in [3.05, 3.63) is 134 Å². The summed E-state index contributed by atoms with van der Waals surface area (Å²) in [6.45, 7) is 4.53. The number of ether oxygens (including phenoxy) is 4. The summed E-state index contributed by atoms with van der Waals surface area (Å²) in [6, 6.07) is 0. The molecule has 596 valence electrons. The van der Waals surface area contributed by atoms with E-state index in [1.807, 2.05) is 18.2 Å². The highest BCUT2D eigenvalue weighted by atomic mass is 31.2. The number of phosphoric acid groups is 2. The molecule has 104 heavy (non-hydrogen) atoms. The molecule has 0 aliphatic heterocycles. The van der Waals surface area contributed by atoms with E-state index in [0.717, 1.165) is 173 Å². The molecule has 3 N–H and O–H groups in total. The van der Waals surface area contributed by atoms with Crippen LogP contribution in [0.4, 0.5) is 0 Å². The molecule has 0 rings (SSSR count). The molecule has 5 atom stereocenters. The van der Waals surface area contributed by atoms with Crippen LogP contribution in [-0.2, 0) is 65.4 Å². The van der Waals surface area contributed by atoms with E-state index in [4.69, 9.17) is 37.0 Å². The van der Waals surface area contributed by atoms with Gasteiger partial charge in [-0.1, -0.05) is 283 Å². The van der Waals surface area contributed by atoms with Crippen molar-refractivity contribution in [3.63, 3.8) is 0 Å². The topological polar surface area (TPSA) is 237 Å². The lowest BCUT2D eigenvalue weighted by Gasteiger charge is -2.21. The molecule has 0 aromatic rings. The molecule has 0 aromatic carbocycles. The Hall–Kier alpha value is -4.80. The average molecular weight is 1500 g/mol. The fraction of sp³-hybridized carbons (Fsp3) is 0.694. The Bertz CT molecular complexity index is 2490. The maximum atomic E-state index is 13.1. The Morgan fingerprint density at radius 1 is 0.279 bits per heavy atom. The molecule has 0 aliphatic carbocycles. The van der Waals surface area contributed by atoms with Crippen molar-refractivity contribution in [1.29, 1.82) is 0 Å². The molecular weight excluding hydrogens is 1350 g/mol. The molecule has 17 nitrogen and oxygen atoms in total. The Kier molecular flexibility index (Phi) is 72.9. The quantitative estimate of drug-likeness (QED) is 0.0169. The smallest absolute Gasteiger partial charge is 0.462 e. The predicted octanol–water partition coefficient (Wildman–Crippen LogP) is 23.7. The van der Waals surface area contributed by atoms with Gasteiger partial charge in [-0.25, -0.2) is 9.13 Å². The maximum Gasteiger partial charge on any atom is 0.472 e. The normalized spacial score (nSPS) is 14.6. The second-order valence-electron chi connectivity index (χ2n) is 26.6. The number of allylic oxidation sites excluding steroid dienone is 22. The number of carbonyl (C=O) groups excluding carboxylic acids is 4. The van der Waals surface area contributed by atoms with Crippen molar-refractivity contribution in [3.8, 4) is 0 Å². The lowest BCUT2D eigenvalue weighted by Crippen LogP contribution is -2.30. The number of aliphatic hydroxyl groups excluding tert-OH is 1. The van der Waals surface area contributed by atoms with E-state index in [0.29, 0.717) is 32.1 Å². The van der Waals surface area contributed by atoms with Gasteiger partial charge in [-0.15, -0.1) is 0 Å². The van der Waals surface area contributed by atoms with Crippen LogP contribution in [0.15, 0.2) is 134 Å². The summed E-state index contributed by atoms with van der Waals surface area (Å²) < 4.78 is 68.5. The third-order valence-electron chi connectivity index (χ3n) is 16.6.